The predicted molar refractivity (Wildman–Crippen MR) is 91.5 cm³/mol. The molecule has 0 bridgehead atoms. The summed E-state index contributed by atoms with van der Waals surface area (Å²) in [5, 5.41) is 0. The van der Waals surface area contributed by atoms with Gasteiger partial charge in [0.05, 0.1) is 24.2 Å². The Morgan fingerprint density at radius 1 is 1.20 bits per heavy atom. The molecule has 1 saturated heterocycles. The van der Waals surface area contributed by atoms with Crippen molar-refractivity contribution in [1.29, 1.82) is 0 Å². The lowest BCUT2D eigenvalue weighted by Gasteiger charge is -2.32. The molecule has 0 saturated carbocycles. The molecule has 5 nitrogen and oxygen atoms in total. The first-order valence-electron chi connectivity index (χ1n) is 8.11. The summed E-state index contributed by atoms with van der Waals surface area (Å²) in [6.45, 7) is 2.91. The molecule has 2 aromatic rings. The molecule has 1 aliphatic rings. The lowest BCUT2D eigenvalue weighted by atomic mass is 10.1. The average Bonchev–Trinajstić information content (AvgIpc) is 2.63. The molecule has 1 aliphatic heterocycles. The molecule has 3 rings (SSSR count). The fourth-order valence-corrected chi connectivity index (χ4v) is 4.22. The Morgan fingerprint density at radius 2 is 1.92 bits per heavy atom. The van der Waals surface area contributed by atoms with Gasteiger partial charge in [0.25, 0.3) is 0 Å². The third kappa shape index (κ3) is 3.84. The first-order chi connectivity index (χ1) is 12.0. The first kappa shape index (κ1) is 17.8. The van der Waals surface area contributed by atoms with Gasteiger partial charge in [-0.15, -0.1) is 0 Å². The summed E-state index contributed by atoms with van der Waals surface area (Å²) in [5.74, 6) is 0.223. The van der Waals surface area contributed by atoms with Gasteiger partial charge in [0.15, 0.2) is 0 Å². The highest BCUT2D eigenvalue weighted by molar-refractivity contribution is 7.89. The van der Waals surface area contributed by atoms with E-state index in [1.165, 1.54) is 22.5 Å². The highest BCUT2D eigenvalue weighted by Crippen LogP contribution is 2.28. The van der Waals surface area contributed by atoms with Crippen LogP contribution in [0.1, 0.15) is 18.6 Å². The van der Waals surface area contributed by atoms with Crippen molar-refractivity contribution in [1.82, 2.24) is 4.31 Å². The number of ether oxygens (including phenoxy) is 2. The number of hydrogen-bond acceptors (Lipinski definition) is 4. The van der Waals surface area contributed by atoms with Crippen LogP contribution in [-0.4, -0.2) is 39.0 Å². The van der Waals surface area contributed by atoms with Crippen LogP contribution >= 0.6 is 0 Å². The largest absolute Gasteiger partial charge is 0.494 e. The summed E-state index contributed by atoms with van der Waals surface area (Å²) in [6.07, 6.45) is -0.618. The van der Waals surface area contributed by atoms with Crippen LogP contribution in [0, 0.1) is 5.82 Å². The molecule has 2 aromatic carbocycles. The Balaban J connectivity index is 1.81. The van der Waals surface area contributed by atoms with Crippen LogP contribution in [0.4, 0.5) is 4.39 Å². The molecule has 0 radical (unpaired) electrons. The van der Waals surface area contributed by atoms with Gasteiger partial charge in [-0.05, 0) is 37.3 Å². The molecule has 134 valence electrons. The summed E-state index contributed by atoms with van der Waals surface area (Å²) >= 11 is 0. The molecule has 7 heteroatoms. The smallest absolute Gasteiger partial charge is 0.243 e. The average molecular weight is 365 g/mol. The minimum Gasteiger partial charge on any atom is -0.494 e. The Hall–Kier alpha value is -1.96. The topological polar surface area (TPSA) is 55.8 Å². The van der Waals surface area contributed by atoms with Gasteiger partial charge in [-0.1, -0.05) is 18.2 Å². The number of morpholine rings is 1. The van der Waals surface area contributed by atoms with Crippen molar-refractivity contribution in [2.24, 2.45) is 0 Å². The van der Waals surface area contributed by atoms with Crippen LogP contribution in [0.25, 0.3) is 0 Å². The van der Waals surface area contributed by atoms with E-state index in [4.69, 9.17) is 9.47 Å². The van der Waals surface area contributed by atoms with Crippen molar-refractivity contribution in [2.45, 2.75) is 17.9 Å². The molecule has 1 unspecified atom stereocenters. The van der Waals surface area contributed by atoms with Gasteiger partial charge in [-0.2, -0.15) is 4.31 Å². The zero-order valence-corrected chi connectivity index (χ0v) is 14.7. The van der Waals surface area contributed by atoms with E-state index in [1.54, 1.807) is 30.3 Å². The van der Waals surface area contributed by atoms with Crippen LogP contribution in [0.15, 0.2) is 53.4 Å². The monoisotopic (exact) mass is 365 g/mol. The number of rotatable bonds is 5. The SMILES string of the molecule is CCOc1ccc(S(=O)(=O)N2CCOC(c3ccccc3F)C2)cc1. The molecule has 1 heterocycles. The van der Waals surface area contributed by atoms with E-state index in [0.29, 0.717) is 17.9 Å². The second kappa shape index (κ2) is 7.51. The van der Waals surface area contributed by atoms with Crippen molar-refractivity contribution in [3.05, 3.63) is 59.9 Å². The standard InChI is InChI=1S/C18H20FNO4S/c1-2-23-14-7-9-15(10-8-14)25(21,22)20-11-12-24-18(13-20)16-5-3-4-6-17(16)19/h3-10,18H,2,11-13H2,1H3. The number of halogens is 1. The number of nitrogens with zero attached hydrogens (tertiary/aromatic N) is 1. The van der Waals surface area contributed by atoms with Crippen LogP contribution in [0.3, 0.4) is 0 Å². The maximum Gasteiger partial charge on any atom is 0.243 e. The van der Waals surface area contributed by atoms with Gasteiger partial charge >= 0.3 is 0 Å². The van der Waals surface area contributed by atoms with Gasteiger partial charge < -0.3 is 9.47 Å². The molecular weight excluding hydrogens is 345 g/mol. The molecule has 1 atom stereocenters. The Bertz CT molecular complexity index is 823. The Kier molecular flexibility index (Phi) is 5.36. The molecule has 1 fully saturated rings. The summed E-state index contributed by atoms with van der Waals surface area (Å²) in [5.41, 5.74) is 0.370. The maximum atomic E-state index is 14.0. The van der Waals surface area contributed by atoms with Gasteiger partial charge in [0.1, 0.15) is 11.6 Å². The third-order valence-corrected chi connectivity index (χ3v) is 5.93. The first-order valence-corrected chi connectivity index (χ1v) is 9.55. The predicted octanol–water partition coefficient (Wildman–Crippen LogP) is 2.99. The highest BCUT2D eigenvalue weighted by atomic mass is 32.2. The second-order valence-corrected chi connectivity index (χ2v) is 7.59. The minimum absolute atomic E-state index is 0.0798. The van der Waals surface area contributed by atoms with Crippen molar-refractivity contribution in [2.75, 3.05) is 26.3 Å². The van der Waals surface area contributed by atoms with E-state index in [0.717, 1.165) is 0 Å². The van der Waals surface area contributed by atoms with E-state index < -0.39 is 21.9 Å². The quantitative estimate of drug-likeness (QED) is 0.817. The number of sulfonamides is 1. The minimum atomic E-state index is -3.67. The van der Waals surface area contributed by atoms with E-state index >= 15 is 0 Å². The van der Waals surface area contributed by atoms with Crippen LogP contribution in [0.2, 0.25) is 0 Å². The van der Waals surface area contributed by atoms with E-state index in [9.17, 15) is 12.8 Å². The Morgan fingerprint density at radius 3 is 2.60 bits per heavy atom. The van der Waals surface area contributed by atoms with Crippen LogP contribution in [-0.2, 0) is 14.8 Å². The van der Waals surface area contributed by atoms with Crippen molar-refractivity contribution in [3.63, 3.8) is 0 Å². The number of benzene rings is 2. The van der Waals surface area contributed by atoms with E-state index in [2.05, 4.69) is 0 Å². The van der Waals surface area contributed by atoms with Crippen molar-refractivity contribution in [3.8, 4) is 5.75 Å². The van der Waals surface area contributed by atoms with Crippen molar-refractivity contribution >= 4 is 10.0 Å². The lowest BCUT2D eigenvalue weighted by molar-refractivity contribution is -0.00443. The normalized spacial score (nSPS) is 18.9. The fourth-order valence-electron chi connectivity index (χ4n) is 2.79. The summed E-state index contributed by atoms with van der Waals surface area (Å²) < 4.78 is 51.9. The number of hydrogen-bond donors (Lipinski definition) is 0. The third-order valence-electron chi connectivity index (χ3n) is 4.05. The van der Waals surface area contributed by atoms with E-state index in [-0.39, 0.29) is 24.6 Å². The summed E-state index contributed by atoms with van der Waals surface area (Å²) in [7, 11) is -3.67. The molecule has 0 aromatic heterocycles. The molecular formula is C18H20FNO4S. The summed E-state index contributed by atoms with van der Waals surface area (Å²) in [4.78, 5) is 0.185. The van der Waals surface area contributed by atoms with E-state index in [1.807, 2.05) is 6.92 Å². The van der Waals surface area contributed by atoms with Gasteiger partial charge in [-0.3, -0.25) is 0 Å². The van der Waals surface area contributed by atoms with Gasteiger partial charge in [0.2, 0.25) is 10.0 Å². The molecule has 0 aliphatic carbocycles. The molecule has 0 spiro atoms. The second-order valence-electron chi connectivity index (χ2n) is 5.65. The molecule has 0 amide bonds. The fraction of sp³-hybridized carbons (Fsp3) is 0.333. The zero-order chi connectivity index (χ0) is 17.9. The van der Waals surface area contributed by atoms with Crippen molar-refractivity contribution < 1.29 is 22.3 Å². The van der Waals surface area contributed by atoms with Gasteiger partial charge in [0, 0.05) is 18.7 Å². The highest BCUT2D eigenvalue weighted by Gasteiger charge is 2.32. The molecule has 0 N–H and O–H groups in total. The maximum absolute atomic E-state index is 14.0. The van der Waals surface area contributed by atoms with Crippen LogP contribution < -0.4 is 4.74 Å². The van der Waals surface area contributed by atoms with Gasteiger partial charge in [-0.25, -0.2) is 12.8 Å². The van der Waals surface area contributed by atoms with Crippen LogP contribution in [0.5, 0.6) is 5.75 Å². The summed E-state index contributed by atoms with van der Waals surface area (Å²) in [6, 6.07) is 12.6. The molecule has 25 heavy (non-hydrogen) atoms. The Labute approximate surface area is 147 Å². The lowest BCUT2D eigenvalue weighted by Crippen LogP contribution is -2.42. The zero-order valence-electron chi connectivity index (χ0n) is 13.9.